The molecular weight excluding hydrogens is 298 g/mol. The minimum absolute atomic E-state index is 0.186. The van der Waals surface area contributed by atoms with Gasteiger partial charge in [0.25, 0.3) is 10.1 Å². The first-order valence-electron chi connectivity index (χ1n) is 6.89. The van der Waals surface area contributed by atoms with Crippen LogP contribution in [0.25, 0.3) is 0 Å². The average molecular weight is 328 g/mol. The Kier molecular flexibility index (Phi) is 9.12. The first kappa shape index (κ1) is 20.0. The van der Waals surface area contributed by atoms with Crippen LogP contribution in [0.15, 0.2) is 0 Å². The number of rotatable bonds is 11. The molecule has 1 unspecified atom stereocenters. The van der Waals surface area contributed by atoms with Crippen molar-refractivity contribution in [3.05, 3.63) is 0 Å². The zero-order valence-corrected chi connectivity index (χ0v) is 14.8. The van der Waals surface area contributed by atoms with E-state index in [-0.39, 0.29) is 18.9 Å². The number of ether oxygens (including phenoxy) is 1. The van der Waals surface area contributed by atoms with Crippen molar-refractivity contribution in [2.75, 3.05) is 39.1 Å². The molecule has 0 saturated carbocycles. The van der Waals surface area contributed by atoms with Gasteiger partial charge in [-0.05, 0) is 13.5 Å². The number of hydrogen-bond acceptors (Lipinski definition) is 5. The smallest absolute Gasteiger partial charge is 0.266 e. The molecule has 0 aliphatic heterocycles. The SMILES string of the molecule is CN(CCS(=O)(=O)O)CC(O)COCCC[Si](C)(C)C. The van der Waals surface area contributed by atoms with Crippen molar-refractivity contribution >= 4 is 18.2 Å². The predicted octanol–water partition coefficient (Wildman–Crippen LogP) is 0.912. The van der Waals surface area contributed by atoms with Gasteiger partial charge in [0.15, 0.2) is 0 Å². The molecule has 0 amide bonds. The van der Waals surface area contributed by atoms with Gasteiger partial charge in [0.1, 0.15) is 0 Å². The van der Waals surface area contributed by atoms with Gasteiger partial charge in [-0.25, -0.2) is 0 Å². The monoisotopic (exact) mass is 327 g/mol. The molecule has 1 atom stereocenters. The van der Waals surface area contributed by atoms with E-state index in [4.69, 9.17) is 9.29 Å². The van der Waals surface area contributed by atoms with E-state index in [9.17, 15) is 13.5 Å². The van der Waals surface area contributed by atoms with E-state index in [1.54, 1.807) is 11.9 Å². The fraction of sp³-hybridized carbons (Fsp3) is 1.00. The van der Waals surface area contributed by atoms with Crippen LogP contribution >= 0.6 is 0 Å². The maximum atomic E-state index is 10.6. The third kappa shape index (κ3) is 14.4. The van der Waals surface area contributed by atoms with Crippen LogP contribution in [0.1, 0.15) is 6.42 Å². The quantitative estimate of drug-likeness (QED) is 0.333. The Morgan fingerprint density at radius 1 is 1.30 bits per heavy atom. The van der Waals surface area contributed by atoms with Crippen LogP contribution in [-0.2, 0) is 14.9 Å². The van der Waals surface area contributed by atoms with Crippen molar-refractivity contribution < 1.29 is 22.8 Å². The minimum Gasteiger partial charge on any atom is -0.389 e. The highest BCUT2D eigenvalue weighted by atomic mass is 32.2. The molecule has 0 radical (unpaired) electrons. The van der Waals surface area contributed by atoms with E-state index in [1.165, 1.54) is 6.04 Å². The van der Waals surface area contributed by atoms with Crippen LogP contribution in [0, 0.1) is 0 Å². The lowest BCUT2D eigenvalue weighted by atomic mass is 10.3. The highest BCUT2D eigenvalue weighted by molar-refractivity contribution is 7.85. The van der Waals surface area contributed by atoms with Gasteiger partial charge in [-0.1, -0.05) is 25.7 Å². The zero-order valence-electron chi connectivity index (χ0n) is 13.0. The fourth-order valence-corrected chi connectivity index (χ4v) is 3.45. The maximum Gasteiger partial charge on any atom is 0.266 e. The molecule has 0 aliphatic rings. The molecule has 0 aliphatic carbocycles. The largest absolute Gasteiger partial charge is 0.389 e. The highest BCUT2D eigenvalue weighted by Crippen LogP contribution is 2.10. The molecule has 2 N–H and O–H groups in total. The summed E-state index contributed by atoms with van der Waals surface area (Å²) in [5.41, 5.74) is 0. The number of nitrogens with zero attached hydrogens (tertiary/aromatic N) is 1. The van der Waals surface area contributed by atoms with E-state index in [2.05, 4.69) is 19.6 Å². The fourth-order valence-electron chi connectivity index (χ4n) is 1.70. The van der Waals surface area contributed by atoms with Gasteiger partial charge in [-0.3, -0.25) is 4.55 Å². The van der Waals surface area contributed by atoms with Crippen molar-refractivity contribution in [3.8, 4) is 0 Å². The van der Waals surface area contributed by atoms with Gasteiger partial charge >= 0.3 is 0 Å². The molecule has 0 aromatic carbocycles. The molecule has 6 nitrogen and oxygen atoms in total. The van der Waals surface area contributed by atoms with Gasteiger partial charge in [-0.2, -0.15) is 8.42 Å². The van der Waals surface area contributed by atoms with E-state index < -0.39 is 24.3 Å². The lowest BCUT2D eigenvalue weighted by Crippen LogP contribution is -2.35. The zero-order chi connectivity index (χ0) is 15.8. The normalized spacial score (nSPS) is 14.8. The van der Waals surface area contributed by atoms with E-state index >= 15 is 0 Å². The second-order valence-electron chi connectivity index (χ2n) is 6.44. The van der Waals surface area contributed by atoms with Crippen molar-refractivity contribution in [2.45, 2.75) is 38.2 Å². The van der Waals surface area contributed by atoms with Gasteiger partial charge < -0.3 is 14.7 Å². The Labute approximate surface area is 123 Å². The Hall–Kier alpha value is 0.00688. The first-order valence-corrected chi connectivity index (χ1v) is 12.2. The lowest BCUT2D eigenvalue weighted by molar-refractivity contribution is 0.0218. The van der Waals surface area contributed by atoms with Crippen LogP contribution in [-0.4, -0.2) is 76.3 Å². The van der Waals surface area contributed by atoms with Crippen LogP contribution in [0.5, 0.6) is 0 Å². The molecule has 0 aromatic rings. The minimum atomic E-state index is -3.94. The van der Waals surface area contributed by atoms with Crippen LogP contribution in [0.3, 0.4) is 0 Å². The lowest BCUT2D eigenvalue weighted by Gasteiger charge is -2.20. The third-order valence-electron chi connectivity index (χ3n) is 2.78. The topological polar surface area (TPSA) is 87.1 Å². The summed E-state index contributed by atoms with van der Waals surface area (Å²) in [5, 5.41) is 9.74. The molecule has 20 heavy (non-hydrogen) atoms. The molecule has 0 rings (SSSR count). The number of aliphatic hydroxyl groups is 1. The summed E-state index contributed by atoms with van der Waals surface area (Å²) in [7, 11) is -3.27. The molecule has 0 spiro atoms. The molecule has 0 heterocycles. The molecule has 8 heteroatoms. The van der Waals surface area contributed by atoms with Gasteiger partial charge in [0.05, 0.1) is 18.5 Å². The molecule has 0 bridgehead atoms. The molecule has 0 aromatic heterocycles. The Bertz CT molecular complexity index is 355. The van der Waals surface area contributed by atoms with Crippen molar-refractivity contribution in [1.82, 2.24) is 4.90 Å². The van der Waals surface area contributed by atoms with E-state index in [0.717, 1.165) is 6.42 Å². The molecule has 0 fully saturated rings. The van der Waals surface area contributed by atoms with Gasteiger partial charge in [0, 0.05) is 27.8 Å². The molecule has 122 valence electrons. The number of likely N-dealkylation sites (N-methyl/N-ethyl adjacent to an activating group) is 1. The second kappa shape index (κ2) is 9.11. The Morgan fingerprint density at radius 3 is 2.40 bits per heavy atom. The molecule has 0 saturated heterocycles. The standard InChI is InChI=1S/C12H29NO5SSi/c1-13(6-8-19(15,16)17)10-12(14)11-18-7-5-9-20(2,3)4/h12,14H,5-11H2,1-4H3,(H,15,16,17). The Balaban J connectivity index is 3.65. The third-order valence-corrected chi connectivity index (χ3v) is 5.33. The van der Waals surface area contributed by atoms with Crippen LogP contribution < -0.4 is 0 Å². The summed E-state index contributed by atoms with van der Waals surface area (Å²) in [4.78, 5) is 1.66. The van der Waals surface area contributed by atoms with Gasteiger partial charge in [-0.15, -0.1) is 0 Å². The summed E-state index contributed by atoms with van der Waals surface area (Å²) >= 11 is 0. The van der Waals surface area contributed by atoms with Crippen LogP contribution in [0.4, 0.5) is 0 Å². The second-order valence-corrected chi connectivity index (χ2v) is 13.6. The van der Waals surface area contributed by atoms with Crippen LogP contribution in [0.2, 0.25) is 25.7 Å². The summed E-state index contributed by atoms with van der Waals surface area (Å²) in [6.07, 6.45) is 0.370. The maximum absolute atomic E-state index is 10.6. The van der Waals surface area contributed by atoms with E-state index in [1.807, 2.05) is 0 Å². The summed E-state index contributed by atoms with van der Waals surface area (Å²) < 4.78 is 35.2. The highest BCUT2D eigenvalue weighted by Gasteiger charge is 2.13. The number of aliphatic hydroxyl groups excluding tert-OH is 1. The molecular formula is C12H29NO5SSi. The summed E-state index contributed by atoms with van der Waals surface area (Å²) in [5.74, 6) is -0.326. The Morgan fingerprint density at radius 2 is 1.90 bits per heavy atom. The summed E-state index contributed by atoms with van der Waals surface area (Å²) in [6, 6.07) is 1.21. The number of hydrogen-bond donors (Lipinski definition) is 2. The van der Waals surface area contributed by atoms with Crippen molar-refractivity contribution in [2.24, 2.45) is 0 Å². The van der Waals surface area contributed by atoms with Gasteiger partial charge in [0.2, 0.25) is 0 Å². The predicted molar refractivity (Wildman–Crippen MR) is 83.5 cm³/mol. The average Bonchev–Trinajstić information content (AvgIpc) is 2.23. The first-order chi connectivity index (χ1) is 8.99. The van der Waals surface area contributed by atoms with Crippen molar-refractivity contribution in [3.63, 3.8) is 0 Å². The summed E-state index contributed by atoms with van der Waals surface area (Å²) in [6.45, 7) is 8.34. The van der Waals surface area contributed by atoms with Crippen molar-refractivity contribution in [1.29, 1.82) is 0 Å². The van der Waals surface area contributed by atoms with E-state index in [0.29, 0.717) is 13.2 Å².